The maximum absolute atomic E-state index is 12.4. The molecule has 1 unspecified atom stereocenters. The molecule has 1 fully saturated rings. The zero-order valence-corrected chi connectivity index (χ0v) is 15.9. The summed E-state index contributed by atoms with van der Waals surface area (Å²) >= 11 is 0. The molecule has 6 nitrogen and oxygen atoms in total. The Labute approximate surface area is 154 Å². The third-order valence-corrected chi connectivity index (χ3v) is 5.28. The summed E-state index contributed by atoms with van der Waals surface area (Å²) in [6.07, 6.45) is 3.14. The largest absolute Gasteiger partial charge is 0.345 e. The molecule has 1 atom stereocenters. The van der Waals surface area contributed by atoms with E-state index in [2.05, 4.69) is 24.2 Å². The highest BCUT2D eigenvalue weighted by Crippen LogP contribution is 2.51. The number of benzene rings is 1. The predicted octanol–water partition coefficient (Wildman–Crippen LogP) is 2.71. The fourth-order valence-corrected chi connectivity index (χ4v) is 3.09. The molecule has 6 heteroatoms. The van der Waals surface area contributed by atoms with E-state index in [1.165, 1.54) is 6.42 Å². The summed E-state index contributed by atoms with van der Waals surface area (Å²) in [5, 5.41) is 7.94. The Kier molecular flexibility index (Phi) is 4.94. The molecule has 0 saturated heterocycles. The van der Waals surface area contributed by atoms with Gasteiger partial charge >= 0.3 is 0 Å². The number of rotatable bonds is 7. The molecule has 26 heavy (non-hydrogen) atoms. The lowest BCUT2D eigenvalue weighted by Gasteiger charge is -2.18. The molecule has 3 rings (SSSR count). The molecule has 138 valence electrons. The fourth-order valence-electron chi connectivity index (χ4n) is 3.09. The number of aromatic nitrogens is 3. The van der Waals surface area contributed by atoms with Gasteiger partial charge in [0.2, 0.25) is 11.7 Å². The lowest BCUT2D eigenvalue weighted by atomic mass is 10.1. The molecule has 2 aromatic rings. The van der Waals surface area contributed by atoms with Crippen LogP contribution < -0.4 is 0 Å². The predicted molar refractivity (Wildman–Crippen MR) is 98.8 cm³/mol. The van der Waals surface area contributed by atoms with Crippen LogP contribution in [0.3, 0.4) is 0 Å². The quantitative estimate of drug-likeness (QED) is 0.717. The van der Waals surface area contributed by atoms with Crippen molar-refractivity contribution in [3.05, 3.63) is 47.3 Å². The minimum atomic E-state index is -0.157. The zero-order chi connectivity index (χ0) is 18.9. The molecule has 1 aliphatic rings. The van der Waals surface area contributed by atoms with Crippen molar-refractivity contribution in [2.75, 3.05) is 13.6 Å². The Balaban J connectivity index is 1.52. The first-order valence-electron chi connectivity index (χ1n) is 9.02. The summed E-state index contributed by atoms with van der Waals surface area (Å²) in [6.45, 7) is 7.67. The molecule has 1 amide bonds. The molecule has 1 aromatic carbocycles. The van der Waals surface area contributed by atoms with E-state index in [0.29, 0.717) is 35.6 Å². The van der Waals surface area contributed by atoms with E-state index in [0.717, 1.165) is 12.1 Å². The van der Waals surface area contributed by atoms with Gasteiger partial charge < -0.3 is 4.90 Å². The minimum absolute atomic E-state index is 0.0922. The van der Waals surface area contributed by atoms with E-state index < -0.39 is 0 Å². The van der Waals surface area contributed by atoms with E-state index in [-0.39, 0.29) is 11.7 Å². The van der Waals surface area contributed by atoms with Crippen molar-refractivity contribution in [3.63, 3.8) is 0 Å². The third-order valence-electron chi connectivity index (χ3n) is 5.28. The van der Waals surface area contributed by atoms with Gasteiger partial charge in [-0.1, -0.05) is 48.9 Å². The second-order valence-electron chi connectivity index (χ2n) is 7.98. The van der Waals surface area contributed by atoms with E-state index in [9.17, 15) is 9.59 Å². The zero-order valence-electron chi connectivity index (χ0n) is 15.9. The number of hydrogen-bond donors (Lipinski definition) is 0. The van der Waals surface area contributed by atoms with Crippen molar-refractivity contribution in [1.29, 1.82) is 0 Å². The Morgan fingerprint density at radius 1 is 1.27 bits per heavy atom. The fraction of sp³-hybridized carbons (Fsp3) is 0.500. The summed E-state index contributed by atoms with van der Waals surface area (Å²) in [5.74, 6) is 0.534. The van der Waals surface area contributed by atoms with Gasteiger partial charge in [0.05, 0.1) is 12.7 Å². The van der Waals surface area contributed by atoms with Gasteiger partial charge in [-0.15, -0.1) is 5.10 Å². The van der Waals surface area contributed by atoms with Crippen LogP contribution in [-0.4, -0.2) is 45.2 Å². The molecule has 1 aliphatic carbocycles. The van der Waals surface area contributed by atoms with Crippen molar-refractivity contribution in [2.24, 2.45) is 11.3 Å². The summed E-state index contributed by atoms with van der Waals surface area (Å²) in [4.78, 5) is 26.5. The molecule has 1 aromatic heterocycles. The smallest absolute Gasteiger partial charge is 0.224 e. The van der Waals surface area contributed by atoms with Gasteiger partial charge in [0.15, 0.2) is 5.69 Å². The Bertz CT molecular complexity index is 807. The van der Waals surface area contributed by atoms with E-state index in [1.54, 1.807) is 27.9 Å². The van der Waals surface area contributed by atoms with Gasteiger partial charge in [0.25, 0.3) is 0 Å². The Morgan fingerprint density at radius 2 is 1.92 bits per heavy atom. The van der Waals surface area contributed by atoms with Gasteiger partial charge in [-0.05, 0) is 24.7 Å². The van der Waals surface area contributed by atoms with Crippen molar-refractivity contribution in [3.8, 4) is 0 Å². The van der Waals surface area contributed by atoms with Crippen LogP contribution in [0.2, 0.25) is 0 Å². The number of nitrogens with zero attached hydrogens (tertiary/aromatic N) is 4. The van der Waals surface area contributed by atoms with Crippen LogP contribution in [0.25, 0.3) is 0 Å². The summed E-state index contributed by atoms with van der Waals surface area (Å²) < 4.78 is 1.56. The van der Waals surface area contributed by atoms with E-state index in [4.69, 9.17) is 0 Å². The van der Waals surface area contributed by atoms with Crippen LogP contribution in [0.15, 0.2) is 30.5 Å². The molecular formula is C20H26N4O2. The SMILES string of the molecule is Cc1ccc(C(=O)c2cn(CCC(=O)N(C)CC3CC3(C)C)nn2)cc1. The molecular weight excluding hydrogens is 328 g/mol. The maximum atomic E-state index is 12.4. The van der Waals surface area contributed by atoms with Gasteiger partial charge in [-0.3, -0.25) is 14.3 Å². The second kappa shape index (κ2) is 7.02. The first kappa shape index (κ1) is 18.3. The molecule has 0 aliphatic heterocycles. The Morgan fingerprint density at radius 3 is 2.54 bits per heavy atom. The van der Waals surface area contributed by atoms with E-state index >= 15 is 0 Å². The van der Waals surface area contributed by atoms with Gasteiger partial charge in [0.1, 0.15) is 0 Å². The Hall–Kier alpha value is -2.50. The molecule has 0 bridgehead atoms. The topological polar surface area (TPSA) is 68.1 Å². The highest BCUT2D eigenvalue weighted by Gasteiger charge is 2.46. The number of hydrogen-bond acceptors (Lipinski definition) is 4. The number of carbonyl (C=O) groups is 2. The number of amides is 1. The highest BCUT2D eigenvalue weighted by molar-refractivity contribution is 6.07. The molecule has 0 N–H and O–H groups in total. The van der Waals surface area contributed by atoms with Gasteiger partial charge in [0, 0.05) is 25.6 Å². The molecule has 0 radical (unpaired) electrons. The van der Waals surface area contributed by atoms with Crippen LogP contribution in [0.1, 0.15) is 48.3 Å². The second-order valence-corrected chi connectivity index (χ2v) is 7.98. The van der Waals surface area contributed by atoms with Crippen LogP contribution >= 0.6 is 0 Å². The van der Waals surface area contributed by atoms with Crippen LogP contribution in [0.5, 0.6) is 0 Å². The van der Waals surface area contributed by atoms with Crippen molar-refractivity contribution in [1.82, 2.24) is 19.9 Å². The first-order chi connectivity index (χ1) is 12.3. The summed E-state index contributed by atoms with van der Waals surface area (Å²) in [7, 11) is 1.85. The highest BCUT2D eigenvalue weighted by atomic mass is 16.2. The summed E-state index contributed by atoms with van der Waals surface area (Å²) in [6, 6.07) is 7.36. The molecule has 0 spiro atoms. The standard InChI is InChI=1S/C20H26N4O2/c1-14-5-7-15(8-6-14)19(26)17-13-24(22-21-17)10-9-18(25)23(4)12-16-11-20(16,2)3/h5-8,13,16H,9-12H2,1-4H3. The average Bonchev–Trinajstić information content (AvgIpc) is 2.99. The van der Waals surface area contributed by atoms with Crippen LogP contribution in [-0.2, 0) is 11.3 Å². The monoisotopic (exact) mass is 354 g/mol. The van der Waals surface area contributed by atoms with Crippen LogP contribution in [0.4, 0.5) is 0 Å². The van der Waals surface area contributed by atoms with Gasteiger partial charge in [-0.25, -0.2) is 0 Å². The third kappa shape index (κ3) is 4.18. The summed E-state index contributed by atoms with van der Waals surface area (Å²) in [5.41, 5.74) is 2.36. The van der Waals surface area contributed by atoms with Crippen molar-refractivity contribution < 1.29 is 9.59 Å². The first-order valence-corrected chi connectivity index (χ1v) is 9.02. The molecule has 1 saturated carbocycles. The lowest BCUT2D eigenvalue weighted by molar-refractivity contribution is -0.130. The van der Waals surface area contributed by atoms with Crippen molar-refractivity contribution in [2.45, 2.75) is 40.2 Å². The maximum Gasteiger partial charge on any atom is 0.224 e. The molecule has 1 heterocycles. The number of carbonyl (C=O) groups excluding carboxylic acids is 2. The minimum Gasteiger partial charge on any atom is -0.345 e. The normalized spacial score (nSPS) is 17.8. The average molecular weight is 354 g/mol. The lowest BCUT2D eigenvalue weighted by Crippen LogP contribution is -2.30. The van der Waals surface area contributed by atoms with Crippen LogP contribution in [0, 0.1) is 18.3 Å². The van der Waals surface area contributed by atoms with Crippen molar-refractivity contribution >= 4 is 11.7 Å². The number of aryl methyl sites for hydroxylation is 2. The van der Waals surface area contributed by atoms with E-state index in [1.807, 2.05) is 26.1 Å². The number of ketones is 1. The van der Waals surface area contributed by atoms with Gasteiger partial charge in [-0.2, -0.15) is 0 Å².